The minimum atomic E-state index is -0.825. The molecule has 4 rings (SSSR count). The highest BCUT2D eigenvalue weighted by Crippen LogP contribution is 2.35. The number of carbonyl (C=O) groups excluding carboxylic acids is 2. The number of aliphatic hydroxyl groups excluding tert-OH is 1. The molecule has 27 heavy (non-hydrogen) atoms. The summed E-state index contributed by atoms with van der Waals surface area (Å²) in [6.07, 6.45) is 0.722. The SMILES string of the molecule is COC(=O)c1ccc(C(=O)N2CCC[C@@H]2[C@H](O)c2nc3ccccc3s2)s1. The summed E-state index contributed by atoms with van der Waals surface area (Å²) in [5.74, 6) is -0.621. The Morgan fingerprint density at radius 2 is 2.00 bits per heavy atom. The summed E-state index contributed by atoms with van der Waals surface area (Å²) < 4.78 is 5.72. The number of thiophene rings is 1. The molecular weight excluding hydrogens is 384 g/mol. The summed E-state index contributed by atoms with van der Waals surface area (Å²) in [6, 6.07) is 10.7. The highest BCUT2D eigenvalue weighted by atomic mass is 32.1. The molecule has 3 heterocycles. The number of esters is 1. The Labute approximate surface area is 164 Å². The third-order valence-corrected chi connectivity index (χ3v) is 6.85. The van der Waals surface area contributed by atoms with Crippen LogP contribution in [0.15, 0.2) is 36.4 Å². The van der Waals surface area contributed by atoms with Crippen LogP contribution in [0.4, 0.5) is 0 Å². The lowest BCUT2D eigenvalue weighted by Gasteiger charge is -2.27. The van der Waals surface area contributed by atoms with Crippen LogP contribution in [0.2, 0.25) is 0 Å². The van der Waals surface area contributed by atoms with Crippen LogP contribution >= 0.6 is 22.7 Å². The standard InChI is InChI=1S/C19H18N2O4S2/c1-25-19(24)15-9-8-14(26-15)18(23)21-10-4-6-12(21)16(22)17-20-11-5-2-3-7-13(11)27-17/h2-3,5,7-9,12,16,22H,4,6,10H2,1H3/t12-,16+/m1/s1. The fourth-order valence-electron chi connectivity index (χ4n) is 3.36. The minimum absolute atomic E-state index is 0.169. The number of aromatic nitrogens is 1. The number of methoxy groups -OCH3 is 1. The number of fused-ring (bicyclic) bond motifs is 1. The normalized spacial score (nSPS) is 18.0. The fraction of sp³-hybridized carbons (Fsp3) is 0.316. The smallest absolute Gasteiger partial charge is 0.348 e. The van der Waals surface area contributed by atoms with E-state index in [0.717, 1.165) is 34.4 Å². The second-order valence-corrected chi connectivity index (χ2v) is 8.47. The molecule has 0 unspecified atom stereocenters. The number of hydrogen-bond acceptors (Lipinski definition) is 7. The summed E-state index contributed by atoms with van der Waals surface area (Å²) in [5, 5.41) is 11.5. The monoisotopic (exact) mass is 402 g/mol. The van der Waals surface area contributed by atoms with Crippen molar-refractivity contribution in [2.45, 2.75) is 25.0 Å². The van der Waals surface area contributed by atoms with E-state index < -0.39 is 12.1 Å². The molecule has 2 aromatic heterocycles. The maximum absolute atomic E-state index is 12.9. The van der Waals surface area contributed by atoms with Gasteiger partial charge in [0.15, 0.2) is 0 Å². The average molecular weight is 402 g/mol. The van der Waals surface area contributed by atoms with Crippen molar-refractivity contribution in [3.05, 3.63) is 51.2 Å². The number of hydrogen-bond donors (Lipinski definition) is 1. The van der Waals surface area contributed by atoms with Gasteiger partial charge in [-0.3, -0.25) is 4.79 Å². The molecular formula is C19H18N2O4S2. The van der Waals surface area contributed by atoms with E-state index in [9.17, 15) is 14.7 Å². The van der Waals surface area contributed by atoms with Crippen LogP contribution in [0.1, 0.15) is 43.3 Å². The van der Waals surface area contributed by atoms with Crippen LogP contribution in [-0.2, 0) is 4.74 Å². The van der Waals surface area contributed by atoms with Crippen molar-refractivity contribution in [2.75, 3.05) is 13.7 Å². The van der Waals surface area contributed by atoms with Crippen molar-refractivity contribution in [3.8, 4) is 0 Å². The second-order valence-electron chi connectivity index (χ2n) is 6.33. The van der Waals surface area contributed by atoms with Gasteiger partial charge >= 0.3 is 5.97 Å². The van der Waals surface area contributed by atoms with E-state index in [1.165, 1.54) is 18.4 Å². The van der Waals surface area contributed by atoms with Crippen molar-refractivity contribution in [2.24, 2.45) is 0 Å². The Morgan fingerprint density at radius 1 is 1.22 bits per heavy atom. The number of rotatable bonds is 4. The van der Waals surface area contributed by atoms with Crippen LogP contribution < -0.4 is 0 Å². The fourth-order valence-corrected chi connectivity index (χ4v) is 5.25. The molecule has 1 saturated heterocycles. The van der Waals surface area contributed by atoms with Crippen LogP contribution in [0.3, 0.4) is 0 Å². The Balaban J connectivity index is 1.56. The van der Waals surface area contributed by atoms with Crippen molar-refractivity contribution in [1.29, 1.82) is 0 Å². The lowest BCUT2D eigenvalue weighted by molar-refractivity contribution is 0.0490. The predicted octanol–water partition coefficient (Wildman–Crippen LogP) is 3.48. The zero-order chi connectivity index (χ0) is 19.0. The van der Waals surface area contributed by atoms with E-state index in [4.69, 9.17) is 4.74 Å². The maximum atomic E-state index is 12.9. The molecule has 1 aliphatic heterocycles. The number of nitrogens with zero attached hydrogens (tertiary/aromatic N) is 2. The third kappa shape index (κ3) is 3.36. The molecule has 0 radical (unpaired) electrons. The first kappa shape index (κ1) is 18.1. The number of aliphatic hydroxyl groups is 1. The zero-order valence-electron chi connectivity index (χ0n) is 14.6. The van der Waals surface area contributed by atoms with E-state index >= 15 is 0 Å². The molecule has 8 heteroatoms. The van der Waals surface area contributed by atoms with Gasteiger partial charge in [0.25, 0.3) is 5.91 Å². The van der Waals surface area contributed by atoms with Crippen LogP contribution in [0.5, 0.6) is 0 Å². The molecule has 0 aliphatic carbocycles. The minimum Gasteiger partial charge on any atom is -0.465 e. The quantitative estimate of drug-likeness (QED) is 0.676. The van der Waals surface area contributed by atoms with Crippen LogP contribution in [0.25, 0.3) is 10.2 Å². The van der Waals surface area contributed by atoms with Crippen molar-refractivity contribution >= 4 is 44.8 Å². The summed E-state index contributed by atoms with van der Waals surface area (Å²) in [7, 11) is 1.31. The van der Waals surface area contributed by atoms with Crippen molar-refractivity contribution < 1.29 is 19.4 Å². The molecule has 0 bridgehead atoms. The molecule has 0 saturated carbocycles. The molecule has 1 aromatic carbocycles. The lowest BCUT2D eigenvalue weighted by Crippen LogP contribution is -2.38. The summed E-state index contributed by atoms with van der Waals surface area (Å²) >= 11 is 2.57. The summed E-state index contributed by atoms with van der Waals surface area (Å²) in [5.41, 5.74) is 0.855. The van der Waals surface area contributed by atoms with Gasteiger partial charge in [-0.15, -0.1) is 22.7 Å². The van der Waals surface area contributed by atoms with Gasteiger partial charge in [0.05, 0.1) is 28.2 Å². The first-order chi connectivity index (χ1) is 13.1. The molecule has 1 amide bonds. The molecule has 1 N–H and O–H groups in total. The van der Waals surface area contributed by atoms with Gasteiger partial charge in [-0.05, 0) is 37.1 Å². The molecule has 1 fully saturated rings. The first-order valence-electron chi connectivity index (χ1n) is 8.61. The van der Waals surface area contributed by atoms with Gasteiger partial charge in [0.2, 0.25) is 0 Å². The Hall–Kier alpha value is -2.29. The molecule has 140 valence electrons. The van der Waals surface area contributed by atoms with Gasteiger partial charge in [0.1, 0.15) is 16.0 Å². The number of thiazole rings is 1. The molecule has 3 aromatic rings. The largest absolute Gasteiger partial charge is 0.465 e. The number of benzene rings is 1. The van der Waals surface area contributed by atoms with Crippen LogP contribution in [0, 0.1) is 0 Å². The number of amides is 1. The predicted molar refractivity (Wildman–Crippen MR) is 104 cm³/mol. The number of ether oxygens (including phenoxy) is 1. The van der Waals surface area contributed by atoms with Gasteiger partial charge in [-0.25, -0.2) is 9.78 Å². The topological polar surface area (TPSA) is 79.7 Å². The summed E-state index contributed by atoms with van der Waals surface area (Å²) in [4.78, 5) is 31.7. The third-order valence-electron chi connectivity index (χ3n) is 4.69. The Morgan fingerprint density at radius 3 is 2.78 bits per heavy atom. The highest BCUT2D eigenvalue weighted by molar-refractivity contribution is 7.18. The molecule has 2 atom stereocenters. The zero-order valence-corrected chi connectivity index (χ0v) is 16.3. The second kappa shape index (κ2) is 7.38. The highest BCUT2D eigenvalue weighted by Gasteiger charge is 2.37. The summed E-state index contributed by atoms with van der Waals surface area (Å²) in [6.45, 7) is 0.580. The van der Waals surface area contributed by atoms with E-state index in [0.29, 0.717) is 21.3 Å². The molecule has 1 aliphatic rings. The van der Waals surface area contributed by atoms with E-state index in [-0.39, 0.29) is 11.9 Å². The number of para-hydroxylation sites is 1. The number of carbonyl (C=O) groups is 2. The van der Waals surface area contributed by atoms with Crippen LogP contribution in [-0.4, -0.2) is 46.6 Å². The molecule has 0 spiro atoms. The van der Waals surface area contributed by atoms with Crippen molar-refractivity contribution in [3.63, 3.8) is 0 Å². The van der Waals surface area contributed by atoms with Gasteiger partial charge in [-0.2, -0.15) is 0 Å². The van der Waals surface area contributed by atoms with E-state index in [1.807, 2.05) is 24.3 Å². The average Bonchev–Trinajstić information content (AvgIpc) is 3.44. The number of likely N-dealkylation sites (tertiary alicyclic amines) is 1. The van der Waals surface area contributed by atoms with Gasteiger partial charge < -0.3 is 14.7 Å². The lowest BCUT2D eigenvalue weighted by atomic mass is 10.1. The van der Waals surface area contributed by atoms with E-state index in [1.54, 1.807) is 17.0 Å². The Kier molecular flexibility index (Phi) is 4.94. The van der Waals surface area contributed by atoms with Gasteiger partial charge in [-0.1, -0.05) is 12.1 Å². The Bertz CT molecular complexity index is 963. The molecule has 6 nitrogen and oxygen atoms in total. The van der Waals surface area contributed by atoms with Crippen molar-refractivity contribution in [1.82, 2.24) is 9.88 Å². The van der Waals surface area contributed by atoms with Gasteiger partial charge in [0, 0.05) is 6.54 Å². The van der Waals surface area contributed by atoms with E-state index in [2.05, 4.69) is 4.98 Å². The first-order valence-corrected chi connectivity index (χ1v) is 10.2. The maximum Gasteiger partial charge on any atom is 0.348 e.